The lowest BCUT2D eigenvalue weighted by Crippen LogP contribution is -2.45. The lowest BCUT2D eigenvalue weighted by Gasteiger charge is -2.39. The molecule has 6 heteroatoms. The molecule has 1 heterocycles. The van der Waals surface area contributed by atoms with Crippen molar-refractivity contribution in [3.63, 3.8) is 0 Å². The van der Waals surface area contributed by atoms with Crippen LogP contribution in [0.5, 0.6) is 0 Å². The smallest absolute Gasteiger partial charge is 0.311 e. The summed E-state index contributed by atoms with van der Waals surface area (Å²) in [5, 5.41) is 3.00. The van der Waals surface area contributed by atoms with Gasteiger partial charge in [0.1, 0.15) is 0 Å². The minimum atomic E-state index is -0.446. The second-order valence-electron chi connectivity index (χ2n) is 9.33. The van der Waals surface area contributed by atoms with Gasteiger partial charge in [-0.25, -0.2) is 0 Å². The van der Waals surface area contributed by atoms with Gasteiger partial charge in [-0.3, -0.25) is 14.4 Å². The fourth-order valence-corrected chi connectivity index (χ4v) is 5.24. The zero-order valence-corrected chi connectivity index (χ0v) is 17.6. The van der Waals surface area contributed by atoms with Crippen molar-refractivity contribution in [2.75, 3.05) is 13.2 Å². The van der Waals surface area contributed by atoms with Crippen molar-refractivity contribution < 1.29 is 19.1 Å². The fourth-order valence-electron chi connectivity index (χ4n) is 5.24. The highest BCUT2D eigenvalue weighted by atomic mass is 16.5. The molecule has 0 radical (unpaired) electrons. The van der Waals surface area contributed by atoms with Crippen molar-refractivity contribution in [2.45, 2.75) is 84.2 Å². The summed E-state index contributed by atoms with van der Waals surface area (Å²) in [6, 6.07) is 0.406. The first kappa shape index (κ1) is 21.1. The van der Waals surface area contributed by atoms with Crippen LogP contribution in [-0.4, -0.2) is 47.9 Å². The van der Waals surface area contributed by atoms with Gasteiger partial charge in [0.2, 0.25) is 5.91 Å². The Labute approximate surface area is 168 Å². The third kappa shape index (κ3) is 4.87. The number of hydrogen-bond acceptors (Lipinski definition) is 4. The minimum absolute atomic E-state index is 0.0494. The number of carbonyl (C=O) groups is 3. The molecule has 3 aliphatic rings. The number of nitrogens with zero attached hydrogens (tertiary/aromatic N) is 1. The van der Waals surface area contributed by atoms with Crippen molar-refractivity contribution >= 4 is 17.8 Å². The third-order valence-electron chi connectivity index (χ3n) is 7.36. The van der Waals surface area contributed by atoms with E-state index >= 15 is 0 Å². The number of ether oxygens (including phenoxy) is 1. The minimum Gasteiger partial charge on any atom is -0.455 e. The Balaban J connectivity index is 1.46. The Kier molecular flexibility index (Phi) is 7.00. The summed E-state index contributed by atoms with van der Waals surface area (Å²) < 4.78 is 5.27. The van der Waals surface area contributed by atoms with Crippen LogP contribution in [0.4, 0.5) is 0 Å². The van der Waals surface area contributed by atoms with E-state index in [0.29, 0.717) is 24.3 Å². The van der Waals surface area contributed by atoms with Gasteiger partial charge in [0, 0.05) is 25.0 Å². The molecule has 0 bridgehead atoms. The van der Waals surface area contributed by atoms with E-state index in [1.165, 1.54) is 12.8 Å². The number of nitrogens with one attached hydrogen (secondary N) is 1. The average molecular weight is 393 g/mol. The third-order valence-corrected chi connectivity index (χ3v) is 7.36. The Morgan fingerprint density at radius 2 is 1.75 bits per heavy atom. The first-order valence-electron chi connectivity index (χ1n) is 11.1. The second kappa shape index (κ2) is 9.27. The van der Waals surface area contributed by atoms with Crippen LogP contribution in [0.1, 0.15) is 72.1 Å². The van der Waals surface area contributed by atoms with Crippen LogP contribution >= 0.6 is 0 Å². The van der Waals surface area contributed by atoms with Crippen molar-refractivity contribution in [1.82, 2.24) is 10.2 Å². The Morgan fingerprint density at radius 3 is 2.50 bits per heavy atom. The quantitative estimate of drug-likeness (QED) is 0.730. The molecule has 6 atom stereocenters. The summed E-state index contributed by atoms with van der Waals surface area (Å²) in [6.07, 6.45) is 8.03. The van der Waals surface area contributed by atoms with Crippen LogP contribution in [0.25, 0.3) is 0 Å². The zero-order chi connectivity index (χ0) is 20.3. The number of esters is 1. The second-order valence-corrected chi connectivity index (χ2v) is 9.33. The molecule has 28 heavy (non-hydrogen) atoms. The molecule has 1 N–H and O–H groups in total. The van der Waals surface area contributed by atoms with Crippen LogP contribution in [0.15, 0.2) is 0 Å². The molecule has 6 nitrogen and oxygen atoms in total. The number of hydrogen-bond donors (Lipinski definition) is 1. The first-order chi connectivity index (χ1) is 13.4. The molecule has 0 spiro atoms. The lowest BCUT2D eigenvalue weighted by molar-refractivity contribution is -0.152. The predicted molar refractivity (Wildman–Crippen MR) is 106 cm³/mol. The van der Waals surface area contributed by atoms with Crippen molar-refractivity contribution in [2.24, 2.45) is 23.7 Å². The summed E-state index contributed by atoms with van der Waals surface area (Å²) in [6.45, 7) is 6.80. The molecule has 2 aliphatic carbocycles. The molecule has 2 saturated carbocycles. The van der Waals surface area contributed by atoms with Crippen LogP contribution < -0.4 is 5.32 Å². The molecule has 0 aromatic carbocycles. The van der Waals surface area contributed by atoms with Gasteiger partial charge < -0.3 is 15.0 Å². The number of likely N-dealkylation sites (tertiary alicyclic amines) is 1. The van der Waals surface area contributed by atoms with E-state index in [1.807, 2.05) is 4.90 Å². The van der Waals surface area contributed by atoms with E-state index in [9.17, 15) is 14.4 Å². The largest absolute Gasteiger partial charge is 0.455 e. The number of carbonyl (C=O) groups excluding carboxylic acids is 3. The number of rotatable bonds is 5. The standard InChI is InChI=1S/C22H36N2O4/c1-14-8-6-10-19(16(14)3)24-12-17(11-21(24)26)22(27)28-13-20(25)23-18-9-5-4-7-15(18)2/h14-19H,4-13H2,1-3H3,(H,23,25)/t14-,15-,16-,17+,18+,19+/m0/s1. The van der Waals surface area contributed by atoms with E-state index in [-0.39, 0.29) is 36.9 Å². The lowest BCUT2D eigenvalue weighted by atomic mass is 9.77. The maximum atomic E-state index is 12.5. The van der Waals surface area contributed by atoms with Crippen molar-refractivity contribution in [1.29, 1.82) is 0 Å². The van der Waals surface area contributed by atoms with E-state index in [0.717, 1.165) is 32.1 Å². The molecular formula is C22H36N2O4. The zero-order valence-electron chi connectivity index (χ0n) is 17.6. The summed E-state index contributed by atoms with van der Waals surface area (Å²) >= 11 is 0. The normalized spacial score (nSPS) is 36.2. The predicted octanol–water partition coefficient (Wildman–Crippen LogP) is 2.90. The van der Waals surface area contributed by atoms with E-state index < -0.39 is 11.9 Å². The van der Waals surface area contributed by atoms with E-state index in [1.54, 1.807) is 0 Å². The fraction of sp³-hybridized carbons (Fsp3) is 0.864. The molecule has 2 amide bonds. The molecule has 1 saturated heterocycles. The van der Waals surface area contributed by atoms with Crippen LogP contribution in [0.3, 0.4) is 0 Å². The highest BCUT2D eigenvalue weighted by molar-refractivity contribution is 5.88. The molecule has 0 aromatic heterocycles. The highest BCUT2D eigenvalue weighted by Crippen LogP contribution is 2.36. The van der Waals surface area contributed by atoms with E-state index in [2.05, 4.69) is 26.1 Å². The van der Waals surface area contributed by atoms with E-state index in [4.69, 9.17) is 4.74 Å². The molecule has 3 fully saturated rings. The SMILES string of the molecule is C[C@@H]1[C@H](N2C[C@H](C(=O)OCC(=O)N[C@@H]3CCCC[C@@H]3C)CC2=O)CCC[C@@H]1C. The average Bonchev–Trinajstić information content (AvgIpc) is 3.05. The van der Waals surface area contributed by atoms with Gasteiger partial charge in [-0.2, -0.15) is 0 Å². The van der Waals surface area contributed by atoms with Crippen LogP contribution in [0, 0.1) is 23.7 Å². The van der Waals surface area contributed by atoms with Gasteiger partial charge in [-0.1, -0.05) is 46.5 Å². The van der Waals surface area contributed by atoms with Gasteiger partial charge in [0.05, 0.1) is 5.92 Å². The van der Waals surface area contributed by atoms with Crippen molar-refractivity contribution in [3.8, 4) is 0 Å². The molecular weight excluding hydrogens is 356 g/mol. The first-order valence-corrected chi connectivity index (χ1v) is 11.1. The summed E-state index contributed by atoms with van der Waals surface area (Å²) in [7, 11) is 0. The monoisotopic (exact) mass is 392 g/mol. The Morgan fingerprint density at radius 1 is 1.04 bits per heavy atom. The molecule has 1 aliphatic heterocycles. The van der Waals surface area contributed by atoms with Gasteiger partial charge in [0.15, 0.2) is 6.61 Å². The number of amides is 2. The molecule has 0 unspecified atom stereocenters. The summed E-state index contributed by atoms with van der Waals surface area (Å²) in [5.41, 5.74) is 0. The van der Waals surface area contributed by atoms with Gasteiger partial charge in [-0.05, 0) is 37.0 Å². The van der Waals surface area contributed by atoms with Gasteiger partial charge in [-0.15, -0.1) is 0 Å². The summed E-state index contributed by atoms with van der Waals surface area (Å²) in [5.74, 6) is 0.474. The Bertz CT molecular complexity index is 593. The van der Waals surface area contributed by atoms with Gasteiger partial charge in [0.25, 0.3) is 5.91 Å². The Hall–Kier alpha value is -1.59. The maximum Gasteiger partial charge on any atom is 0.311 e. The summed E-state index contributed by atoms with van der Waals surface area (Å²) in [4.78, 5) is 39.0. The molecule has 0 aromatic rings. The topological polar surface area (TPSA) is 75.7 Å². The molecule has 158 valence electrons. The van der Waals surface area contributed by atoms with Crippen molar-refractivity contribution in [3.05, 3.63) is 0 Å². The van der Waals surface area contributed by atoms with Crippen LogP contribution in [0.2, 0.25) is 0 Å². The van der Waals surface area contributed by atoms with Crippen LogP contribution in [-0.2, 0) is 19.1 Å². The van der Waals surface area contributed by atoms with Gasteiger partial charge >= 0.3 is 5.97 Å². The maximum absolute atomic E-state index is 12.5. The molecule has 3 rings (SSSR count). The highest BCUT2D eigenvalue weighted by Gasteiger charge is 2.42.